The molecule has 2 rings (SSSR count). The highest BCUT2D eigenvalue weighted by Gasteiger charge is 2.20. The number of halogens is 2. The number of aromatic amines is 1. The van der Waals surface area contributed by atoms with Crippen molar-refractivity contribution in [3.8, 4) is 5.75 Å². The van der Waals surface area contributed by atoms with Gasteiger partial charge in [-0.3, -0.25) is 9.36 Å². The van der Waals surface area contributed by atoms with Crippen molar-refractivity contribution < 1.29 is 18.3 Å². The van der Waals surface area contributed by atoms with Gasteiger partial charge in [-0.15, -0.1) is 5.10 Å². The molecule has 0 aliphatic carbocycles. The number of hydrogen-bond donors (Lipinski definition) is 1. The topological polar surface area (TPSA) is 77.0 Å². The summed E-state index contributed by atoms with van der Waals surface area (Å²) in [4.78, 5) is 24.1. The lowest BCUT2D eigenvalue weighted by atomic mass is 10.1. The highest BCUT2D eigenvalue weighted by molar-refractivity contribution is 8.00. The Balaban J connectivity index is 2.08. The number of rotatable bonds is 8. The molecule has 1 N–H and O–H groups in total. The number of aromatic nitrogens is 3. The van der Waals surface area contributed by atoms with Gasteiger partial charge in [-0.2, -0.15) is 8.78 Å². The van der Waals surface area contributed by atoms with Gasteiger partial charge in [0.2, 0.25) is 0 Å². The van der Waals surface area contributed by atoms with Crippen molar-refractivity contribution in [2.24, 2.45) is 0 Å². The lowest BCUT2D eigenvalue weighted by Crippen LogP contribution is -2.19. The molecule has 0 radical (unpaired) electrons. The van der Waals surface area contributed by atoms with E-state index in [4.69, 9.17) is 0 Å². The number of thioether (sulfide) groups is 1. The average Bonchev–Trinajstić information content (AvgIpc) is 2.88. The number of benzene rings is 1. The number of alkyl halides is 2. The van der Waals surface area contributed by atoms with E-state index in [0.717, 1.165) is 6.42 Å². The first-order chi connectivity index (χ1) is 11.4. The van der Waals surface area contributed by atoms with Gasteiger partial charge in [0.05, 0.1) is 5.25 Å². The predicted molar refractivity (Wildman–Crippen MR) is 85.9 cm³/mol. The lowest BCUT2D eigenvalue weighted by Gasteiger charge is -2.11. The van der Waals surface area contributed by atoms with Crippen LogP contribution in [0.2, 0.25) is 0 Å². The largest absolute Gasteiger partial charge is 0.435 e. The van der Waals surface area contributed by atoms with Crippen molar-refractivity contribution in [1.29, 1.82) is 0 Å². The van der Waals surface area contributed by atoms with Crippen molar-refractivity contribution in [1.82, 2.24) is 14.8 Å². The number of ether oxygens (including phenoxy) is 1. The van der Waals surface area contributed by atoms with Gasteiger partial charge >= 0.3 is 12.3 Å². The molecule has 130 valence electrons. The van der Waals surface area contributed by atoms with Crippen molar-refractivity contribution in [2.75, 3.05) is 0 Å². The molecular weight excluding hydrogens is 340 g/mol. The maximum Gasteiger partial charge on any atom is 0.387 e. The number of hydrogen-bond acceptors (Lipinski definition) is 5. The Labute approximate surface area is 141 Å². The molecule has 0 aliphatic heterocycles. The van der Waals surface area contributed by atoms with Crippen LogP contribution in [-0.4, -0.2) is 32.4 Å². The zero-order valence-corrected chi connectivity index (χ0v) is 14.0. The Morgan fingerprint density at radius 2 is 2.04 bits per heavy atom. The minimum atomic E-state index is -2.91. The van der Waals surface area contributed by atoms with Crippen LogP contribution >= 0.6 is 11.8 Å². The summed E-state index contributed by atoms with van der Waals surface area (Å²) in [5.74, 6) is -0.201. The van der Waals surface area contributed by atoms with Crippen molar-refractivity contribution in [3.05, 3.63) is 40.3 Å². The SMILES string of the molecule is CCCn1c(S[C@H](C)C(=O)c2ccc(OC(F)F)cc2)n[nH]c1=O. The summed E-state index contributed by atoms with van der Waals surface area (Å²) in [6.07, 6.45) is 0.765. The lowest BCUT2D eigenvalue weighted by molar-refractivity contribution is -0.0498. The fraction of sp³-hybridized carbons (Fsp3) is 0.400. The van der Waals surface area contributed by atoms with Crippen LogP contribution in [0.5, 0.6) is 5.75 Å². The van der Waals surface area contributed by atoms with E-state index < -0.39 is 11.9 Å². The summed E-state index contributed by atoms with van der Waals surface area (Å²) >= 11 is 1.17. The molecule has 0 aliphatic rings. The minimum absolute atomic E-state index is 0.00839. The zero-order valence-electron chi connectivity index (χ0n) is 13.2. The molecular formula is C15H17F2N3O3S. The molecule has 6 nitrogen and oxygen atoms in total. The van der Waals surface area contributed by atoms with E-state index >= 15 is 0 Å². The van der Waals surface area contributed by atoms with E-state index in [0.29, 0.717) is 17.3 Å². The van der Waals surface area contributed by atoms with Gasteiger partial charge in [-0.1, -0.05) is 18.7 Å². The Morgan fingerprint density at radius 3 is 2.62 bits per heavy atom. The monoisotopic (exact) mass is 357 g/mol. The molecule has 24 heavy (non-hydrogen) atoms. The van der Waals surface area contributed by atoms with Gasteiger partial charge in [0.1, 0.15) is 5.75 Å². The van der Waals surface area contributed by atoms with Crippen LogP contribution in [0, 0.1) is 0 Å². The fourth-order valence-electron chi connectivity index (χ4n) is 2.06. The van der Waals surface area contributed by atoms with Crippen molar-refractivity contribution in [3.63, 3.8) is 0 Å². The van der Waals surface area contributed by atoms with Crippen LogP contribution in [0.1, 0.15) is 30.6 Å². The number of carbonyl (C=O) groups is 1. The van der Waals surface area contributed by atoms with Gasteiger partial charge in [-0.05, 0) is 37.6 Å². The molecule has 0 saturated heterocycles. The standard InChI is InChI=1S/C15H17F2N3O3S/c1-3-8-20-14(22)18-19-15(20)24-9(2)12(21)10-4-6-11(7-5-10)23-13(16)17/h4-7,9,13H,3,8H2,1-2H3,(H,18,22)/t9-/m1/s1. The second-order valence-electron chi connectivity index (χ2n) is 4.99. The van der Waals surface area contributed by atoms with E-state index in [9.17, 15) is 18.4 Å². The molecule has 0 fully saturated rings. The normalized spacial score (nSPS) is 12.4. The van der Waals surface area contributed by atoms with Gasteiger partial charge in [0.15, 0.2) is 10.9 Å². The van der Waals surface area contributed by atoms with E-state index in [-0.39, 0.29) is 17.2 Å². The Bertz CT molecular complexity index is 743. The Hall–Kier alpha value is -2.16. The summed E-state index contributed by atoms with van der Waals surface area (Å²) in [5, 5.41) is 6.26. The highest BCUT2D eigenvalue weighted by Crippen LogP contribution is 2.24. The number of H-pyrrole nitrogens is 1. The third kappa shape index (κ3) is 4.44. The number of ketones is 1. The van der Waals surface area contributed by atoms with Crippen molar-refractivity contribution >= 4 is 17.5 Å². The van der Waals surface area contributed by atoms with Crippen LogP contribution in [0.3, 0.4) is 0 Å². The minimum Gasteiger partial charge on any atom is -0.435 e. The third-order valence-electron chi connectivity index (χ3n) is 3.19. The second-order valence-corrected chi connectivity index (χ2v) is 6.30. The molecule has 1 heterocycles. The van der Waals surface area contributed by atoms with Crippen LogP contribution in [0.4, 0.5) is 8.78 Å². The third-order valence-corrected chi connectivity index (χ3v) is 4.28. The second kappa shape index (κ2) is 8.09. The van der Waals surface area contributed by atoms with Gasteiger partial charge in [0, 0.05) is 12.1 Å². The molecule has 9 heteroatoms. The zero-order chi connectivity index (χ0) is 17.7. The summed E-state index contributed by atoms with van der Waals surface area (Å²) in [5.41, 5.74) is 0.0593. The fourth-order valence-corrected chi connectivity index (χ4v) is 3.02. The summed E-state index contributed by atoms with van der Waals surface area (Å²) in [6, 6.07) is 5.50. The Kier molecular flexibility index (Phi) is 6.13. The van der Waals surface area contributed by atoms with Crippen LogP contribution in [-0.2, 0) is 6.54 Å². The van der Waals surface area contributed by atoms with Crippen LogP contribution in [0.15, 0.2) is 34.2 Å². The first-order valence-electron chi connectivity index (χ1n) is 7.33. The molecule has 0 bridgehead atoms. The number of carbonyl (C=O) groups excluding carboxylic acids is 1. The number of Topliss-reactive ketones (excluding diaryl/α,β-unsaturated/α-hetero) is 1. The molecule has 0 spiro atoms. The molecule has 0 amide bonds. The van der Waals surface area contributed by atoms with E-state index in [2.05, 4.69) is 14.9 Å². The maximum absolute atomic E-state index is 12.4. The van der Waals surface area contributed by atoms with E-state index in [1.807, 2.05) is 6.92 Å². The molecule has 1 aromatic heterocycles. The average molecular weight is 357 g/mol. The summed E-state index contributed by atoms with van der Waals surface area (Å²) in [7, 11) is 0. The van der Waals surface area contributed by atoms with Crippen LogP contribution < -0.4 is 10.4 Å². The number of nitrogens with zero attached hydrogens (tertiary/aromatic N) is 2. The smallest absolute Gasteiger partial charge is 0.387 e. The molecule has 0 unspecified atom stereocenters. The quantitative estimate of drug-likeness (QED) is 0.581. The maximum atomic E-state index is 12.4. The van der Waals surface area contributed by atoms with Crippen molar-refractivity contribution in [2.45, 2.75) is 43.8 Å². The molecule has 2 aromatic rings. The predicted octanol–water partition coefficient (Wildman–Crippen LogP) is 2.95. The first kappa shape index (κ1) is 18.2. The summed E-state index contributed by atoms with van der Waals surface area (Å²) < 4.78 is 30.0. The highest BCUT2D eigenvalue weighted by atomic mass is 32.2. The first-order valence-corrected chi connectivity index (χ1v) is 8.21. The molecule has 1 aromatic carbocycles. The Morgan fingerprint density at radius 1 is 1.38 bits per heavy atom. The molecule has 1 atom stereocenters. The summed E-state index contributed by atoms with van der Waals surface area (Å²) in [6.45, 7) is 1.24. The van der Waals surface area contributed by atoms with Gasteiger partial charge in [-0.25, -0.2) is 9.89 Å². The van der Waals surface area contributed by atoms with Gasteiger partial charge < -0.3 is 4.74 Å². The van der Waals surface area contributed by atoms with E-state index in [1.165, 1.54) is 40.6 Å². The van der Waals surface area contributed by atoms with Gasteiger partial charge in [0.25, 0.3) is 0 Å². The molecule has 0 saturated carbocycles. The number of nitrogens with one attached hydrogen (secondary N) is 1. The van der Waals surface area contributed by atoms with Crippen LogP contribution in [0.25, 0.3) is 0 Å². The van der Waals surface area contributed by atoms with E-state index in [1.54, 1.807) is 6.92 Å².